The van der Waals surface area contributed by atoms with Gasteiger partial charge in [0.15, 0.2) is 0 Å². The molecule has 0 spiro atoms. The first kappa shape index (κ1) is 108. The number of hydrogen-bond donors (Lipinski definition) is 12. The molecule has 3 saturated carbocycles. The quantitative estimate of drug-likeness (QED) is 0.00831. The Morgan fingerprint density at radius 2 is 0.796 bits per heavy atom. The first-order chi connectivity index (χ1) is 67.0. The second kappa shape index (κ2) is 47.6. The summed E-state index contributed by atoms with van der Waals surface area (Å²) in [7, 11) is -3.09. The predicted molar refractivity (Wildman–Crippen MR) is 530 cm³/mol. The zero-order chi connectivity index (χ0) is 102. The number of nitriles is 3. The molecule has 13 N–H and O–H groups in total. The summed E-state index contributed by atoms with van der Waals surface area (Å²) in [4.78, 5) is 112. The van der Waals surface area contributed by atoms with Crippen LogP contribution >= 0.6 is 12.4 Å². The second-order valence-electron chi connectivity index (χ2n) is 37.7. The number of likely N-dealkylation sites (tertiary alicyclic amines) is 2. The van der Waals surface area contributed by atoms with Crippen molar-refractivity contribution in [3.63, 3.8) is 0 Å². The summed E-state index contributed by atoms with van der Waals surface area (Å²) in [5, 5.41) is 107. The highest BCUT2D eigenvalue weighted by Gasteiger charge is 2.46. The predicted octanol–water partition coefficient (Wildman–Crippen LogP) is 16.1. The van der Waals surface area contributed by atoms with Crippen molar-refractivity contribution < 1.29 is 80.4 Å². The summed E-state index contributed by atoms with van der Waals surface area (Å²) < 4.78 is 78.3. The third kappa shape index (κ3) is 28.3. The number of halogens is 4. The molecule has 41 heteroatoms. The van der Waals surface area contributed by atoms with Gasteiger partial charge in [0.25, 0.3) is 17.1 Å². The number of aliphatic hydroxyl groups is 3. The van der Waals surface area contributed by atoms with Crippen LogP contribution in [0.1, 0.15) is 188 Å². The van der Waals surface area contributed by atoms with Crippen molar-refractivity contribution in [3.8, 4) is 18.2 Å². The Morgan fingerprint density at radius 3 is 1.14 bits per heavy atom. The monoisotopic (exact) mass is 2000 g/mol. The van der Waals surface area contributed by atoms with Crippen molar-refractivity contribution in [2.24, 2.45) is 28.5 Å². The van der Waals surface area contributed by atoms with E-state index in [4.69, 9.17) is 5.73 Å². The summed E-state index contributed by atoms with van der Waals surface area (Å²) in [5.41, 5.74) is 9.27. The third-order valence-electron chi connectivity index (χ3n) is 25.2. The number of rotatable bonds is 31. The number of benzene rings is 9. The van der Waals surface area contributed by atoms with Crippen LogP contribution in [-0.4, -0.2) is 150 Å². The summed E-state index contributed by atoms with van der Waals surface area (Å²) in [5.74, 6) is -2.25. The summed E-state index contributed by atoms with van der Waals surface area (Å²) in [6, 6.07) is 52.1. The molecular formula is C101H110ClF3N18O17S2. The Kier molecular flexibility index (Phi) is 36.3. The van der Waals surface area contributed by atoms with Gasteiger partial charge in [-0.25, -0.2) is 45.4 Å². The lowest BCUT2D eigenvalue weighted by molar-refractivity contribution is -0.385. The number of nitrogens with two attached hydrogens (primary N) is 1. The fourth-order valence-corrected chi connectivity index (χ4v) is 18.6. The number of nitro groups is 3. The molecule has 0 aromatic heterocycles. The smallest absolute Gasteiger partial charge is 0.322 e. The molecule has 9 aromatic carbocycles. The number of amides is 7. The maximum Gasteiger partial charge on any atom is 0.322 e. The number of urea groups is 2. The summed E-state index contributed by atoms with van der Waals surface area (Å²) >= 11 is 0. The van der Waals surface area contributed by atoms with Gasteiger partial charge in [-0.05, 0) is 247 Å². The van der Waals surface area contributed by atoms with E-state index >= 15 is 8.78 Å². The molecule has 3 unspecified atom stereocenters. The number of aliphatic hydroxyl groups excluding tert-OH is 3. The van der Waals surface area contributed by atoms with Gasteiger partial charge in [0.1, 0.15) is 29.5 Å². The van der Waals surface area contributed by atoms with Crippen LogP contribution in [-0.2, 0) is 57.8 Å². The van der Waals surface area contributed by atoms with E-state index in [2.05, 4.69) is 64.5 Å². The third-order valence-corrected chi connectivity index (χ3v) is 28.5. The van der Waals surface area contributed by atoms with Gasteiger partial charge >= 0.3 is 12.1 Å². The average Bonchev–Trinajstić information content (AvgIpc) is 0.786. The van der Waals surface area contributed by atoms with Crippen LogP contribution in [0.4, 0.5) is 73.9 Å². The molecule has 3 heterocycles. The highest BCUT2D eigenvalue weighted by molar-refractivity contribution is 7.84. The largest absolute Gasteiger partial charge is 0.392 e. The number of aliphatic imine (C=N–C) groups is 1. The van der Waals surface area contributed by atoms with E-state index in [1.165, 1.54) is 109 Å². The van der Waals surface area contributed by atoms with Crippen LogP contribution in [0.15, 0.2) is 205 Å². The van der Waals surface area contributed by atoms with Crippen LogP contribution in [0.2, 0.25) is 0 Å². The molecule has 35 nitrogen and oxygen atoms in total. The molecule has 746 valence electrons. The Hall–Kier alpha value is -13.9. The van der Waals surface area contributed by atoms with Gasteiger partial charge in [-0.2, -0.15) is 20.8 Å². The number of nitrogens with zero attached hydrogens (tertiary/aromatic N) is 9. The molecule has 0 bridgehead atoms. The zero-order valence-electron chi connectivity index (χ0n) is 78.5. The molecule has 0 radical (unpaired) electrons. The molecule has 3 aliphatic heterocycles. The number of nitrogens with one attached hydrogen (secondary N) is 8. The number of anilines is 5. The fraction of sp³-hybridized carbons (Fsp3) is 0.376. The van der Waals surface area contributed by atoms with Gasteiger partial charge in [-0.3, -0.25) is 44.7 Å². The fourth-order valence-electron chi connectivity index (χ4n) is 16.6. The number of isocyanates is 1. The van der Waals surface area contributed by atoms with E-state index in [9.17, 15) is 103 Å². The molecule has 6 fully saturated rings. The van der Waals surface area contributed by atoms with Crippen LogP contribution < -0.4 is 47.1 Å². The highest BCUT2D eigenvalue weighted by Crippen LogP contribution is 2.47. The SMILES string of the molecule is CC(C)(C)[S@@](=O)NC(CCC1CC1)(c1cccc(C#N)c1)c1ccc(F)c(NC(=O)[C@H]2C[C@@H](O)CN2)c1.CC(C)(C)[S@@](=O)NC(CCC1CC1)(c1cccc(C#N)c1)c1ccc(F)c(NC(=O)[C@H]2C[C@@H](O)CN2C(=O)Nc2ccc([N+](=O)[O-])cc2)c1.Cl.N#Cc1cccc(C(N)(CCC2CC2)c2ccc(F)c(NC(=O)[C@H]3C[C@@H](O)CN3C(=O)Nc3ccc([N+](=O)[O-])cc3)c2)c1.O=C=Nc1ccc([N+](=O)[O-])cc1. The van der Waals surface area contributed by atoms with Crippen LogP contribution in [0.3, 0.4) is 0 Å². The van der Waals surface area contributed by atoms with E-state index in [-0.39, 0.29) is 90.3 Å². The molecular weight excluding hydrogens is 1890 g/mol. The lowest BCUT2D eigenvalue weighted by Gasteiger charge is -2.38. The highest BCUT2D eigenvalue weighted by atomic mass is 35.5. The average molecular weight is 2000 g/mol. The number of carbonyl (C=O) groups excluding carboxylic acids is 6. The lowest BCUT2D eigenvalue weighted by atomic mass is 9.79. The molecule has 142 heavy (non-hydrogen) atoms. The maximum absolute atomic E-state index is 15.5. The summed E-state index contributed by atoms with van der Waals surface area (Å²) in [6.07, 6.45) is 9.61. The van der Waals surface area contributed by atoms with Crippen molar-refractivity contribution in [1.82, 2.24) is 24.6 Å². The standard InChI is InChI=1S/C35H39FN6O6S.C31H31FN6O5.C28H35FN4O3S.C7H4N2O3.ClH/c1-34(2,3)49(48)40-35(16-15-22-7-8-22,24-6-4-5-23(17-24)20-37)25-9-14-29(36)30(18-25)39-32(44)31-19-28(43)21-41(31)33(45)38-26-10-12-27(13-11-26)42(46)47;32-26-11-6-22(31(34,13-12-19-4-5-19)21-3-1-2-20(14-21)17-33)15-27(26)36-29(40)28-16-25(39)18-37(28)30(41)35-23-7-9-24(10-8-23)38(42)43;1-27(2,3)37(36)33-28(12-11-18-7-8-18,20-6-4-5-19(13-20)16-30)21-9-10-23(29)24(14-21)32-26(35)25-15-22(34)17-31-25;10-5-8-6-1-3-7(4-2-6)9(11)12;/h4-6,9-14,17-18,22,28,31,40,43H,7-8,15-16,19,21H2,1-3H3,(H,38,45)(H,39,44);1-3,6-11,14-15,19,25,28,39H,4-5,12-13,16,18,34H2,(H,35,41)(H,36,40);4-6,9-10,13-14,18,22,25,31,33-34H,7-8,11-12,15,17H2,1-3H3,(H,32,35);1-4H;1H/t28-,31-,35?,49-;25-,28-,31?;22-,25-,28?,37-;;/m111../s1. The minimum Gasteiger partial charge on any atom is -0.392 e. The number of hydrogen-bond acceptors (Lipinski definition) is 23. The van der Waals surface area contributed by atoms with E-state index in [1.54, 1.807) is 78.9 Å². The second-order valence-corrected chi connectivity index (χ2v) is 41.7. The zero-order valence-corrected chi connectivity index (χ0v) is 80.9. The van der Waals surface area contributed by atoms with E-state index in [0.717, 1.165) is 73.2 Å². The Balaban J connectivity index is 0.000000192. The first-order valence-corrected chi connectivity index (χ1v) is 48.1. The lowest BCUT2D eigenvalue weighted by Crippen LogP contribution is -2.49. The van der Waals surface area contributed by atoms with E-state index in [0.29, 0.717) is 93.8 Å². The van der Waals surface area contributed by atoms with Crippen molar-refractivity contribution in [2.45, 2.75) is 200 Å². The van der Waals surface area contributed by atoms with E-state index in [1.807, 2.05) is 59.7 Å². The molecule has 11 atom stereocenters. The van der Waals surface area contributed by atoms with Crippen molar-refractivity contribution in [3.05, 3.63) is 298 Å². The van der Waals surface area contributed by atoms with Gasteiger partial charge in [-0.15, -0.1) is 12.4 Å². The van der Waals surface area contributed by atoms with Gasteiger partial charge in [0.05, 0.1) is 145 Å². The summed E-state index contributed by atoms with van der Waals surface area (Å²) in [6.45, 7) is 11.2. The van der Waals surface area contributed by atoms with Gasteiger partial charge in [0, 0.05) is 80.2 Å². The number of nitro benzene ring substituents is 3. The normalized spacial score (nSPS) is 19.0. The minimum absolute atomic E-state index is 0. The van der Waals surface area contributed by atoms with Gasteiger partial charge in [-0.1, -0.05) is 93.1 Å². The van der Waals surface area contributed by atoms with Gasteiger partial charge in [0.2, 0.25) is 23.8 Å². The van der Waals surface area contributed by atoms with Crippen LogP contribution in [0, 0.1) is 99.5 Å². The Labute approximate surface area is 828 Å². The van der Waals surface area contributed by atoms with Gasteiger partial charge < -0.3 is 62.8 Å². The number of carbonyl (C=O) groups is 5. The van der Waals surface area contributed by atoms with E-state index < -0.39 is 147 Å². The number of non-ortho nitro benzene ring substituents is 3. The Bertz CT molecular complexity index is 6370. The van der Waals surface area contributed by atoms with Crippen LogP contribution in [0.25, 0.3) is 0 Å². The molecule has 15 rings (SSSR count). The van der Waals surface area contributed by atoms with Crippen molar-refractivity contribution >= 4 is 121 Å². The molecule has 3 saturated heterocycles. The number of β-amino-alcohol motifs (C(OH)–C–C–N with tert-alkyl or cyclic N) is 3. The Morgan fingerprint density at radius 1 is 0.465 bits per heavy atom. The molecule has 7 amide bonds. The first-order valence-electron chi connectivity index (χ1n) is 45.8. The molecule has 6 aliphatic rings. The maximum atomic E-state index is 15.5. The molecule has 9 aromatic rings. The minimum atomic E-state index is -1.60. The van der Waals surface area contributed by atoms with Crippen LogP contribution in [0.5, 0.6) is 0 Å². The topological polar surface area (TPSA) is 539 Å². The van der Waals surface area contributed by atoms with Crippen molar-refractivity contribution in [2.75, 3.05) is 46.2 Å². The molecule has 3 aliphatic carbocycles. The van der Waals surface area contributed by atoms with Crippen molar-refractivity contribution in [1.29, 1.82) is 15.8 Å².